The second-order valence-electron chi connectivity index (χ2n) is 7.10. The first kappa shape index (κ1) is 13.9. The summed E-state index contributed by atoms with van der Waals surface area (Å²) in [5, 5.41) is 0. The lowest BCUT2D eigenvalue weighted by molar-refractivity contribution is 0.131. The van der Waals surface area contributed by atoms with Gasteiger partial charge in [-0.25, -0.2) is 0 Å². The Morgan fingerprint density at radius 1 is 1.35 bits per heavy atom. The van der Waals surface area contributed by atoms with Crippen LogP contribution < -0.4 is 10.5 Å². The van der Waals surface area contributed by atoms with Crippen LogP contribution in [0.1, 0.15) is 51.3 Å². The highest BCUT2D eigenvalue weighted by Gasteiger charge is 2.39. The Kier molecular flexibility index (Phi) is 3.30. The maximum Gasteiger partial charge on any atom is 0.128 e. The van der Waals surface area contributed by atoms with Crippen LogP contribution in [-0.4, -0.2) is 29.1 Å². The van der Waals surface area contributed by atoms with Crippen LogP contribution in [0.5, 0.6) is 5.75 Å². The van der Waals surface area contributed by atoms with E-state index in [1.165, 1.54) is 11.1 Å². The molecule has 20 heavy (non-hydrogen) atoms. The van der Waals surface area contributed by atoms with Crippen molar-refractivity contribution >= 4 is 0 Å². The first-order valence-corrected chi connectivity index (χ1v) is 7.71. The highest BCUT2D eigenvalue weighted by molar-refractivity contribution is 5.48. The van der Waals surface area contributed by atoms with Gasteiger partial charge in [0, 0.05) is 30.6 Å². The molecule has 0 spiro atoms. The van der Waals surface area contributed by atoms with Gasteiger partial charge in [0.2, 0.25) is 0 Å². The first-order chi connectivity index (χ1) is 9.39. The SMILES string of the molecule is CC(C)N1CCC(N)C1c1cccc2c1OC(C)(C)C2. The topological polar surface area (TPSA) is 38.5 Å². The zero-order chi connectivity index (χ0) is 14.5. The Balaban J connectivity index is 2.01. The third-order valence-electron chi connectivity index (χ3n) is 4.59. The van der Waals surface area contributed by atoms with Crippen molar-refractivity contribution in [1.82, 2.24) is 4.90 Å². The van der Waals surface area contributed by atoms with Crippen molar-refractivity contribution < 1.29 is 4.74 Å². The van der Waals surface area contributed by atoms with Crippen LogP contribution in [0.2, 0.25) is 0 Å². The van der Waals surface area contributed by atoms with Crippen LogP contribution in [0.4, 0.5) is 0 Å². The molecule has 0 bridgehead atoms. The molecule has 1 aromatic rings. The van der Waals surface area contributed by atoms with Gasteiger partial charge in [-0.2, -0.15) is 0 Å². The number of nitrogens with zero attached hydrogens (tertiary/aromatic N) is 1. The van der Waals surface area contributed by atoms with Crippen LogP contribution in [0, 0.1) is 0 Å². The summed E-state index contributed by atoms with van der Waals surface area (Å²) in [6, 6.07) is 7.55. The quantitative estimate of drug-likeness (QED) is 0.901. The molecule has 3 heteroatoms. The molecule has 2 atom stereocenters. The van der Waals surface area contributed by atoms with E-state index in [1.807, 2.05) is 0 Å². The molecular weight excluding hydrogens is 248 g/mol. The molecule has 1 fully saturated rings. The van der Waals surface area contributed by atoms with Gasteiger partial charge >= 0.3 is 0 Å². The van der Waals surface area contributed by atoms with Crippen molar-refractivity contribution in [2.75, 3.05) is 6.54 Å². The highest BCUT2D eigenvalue weighted by atomic mass is 16.5. The molecule has 1 aromatic carbocycles. The second kappa shape index (κ2) is 4.74. The van der Waals surface area contributed by atoms with E-state index in [0.717, 1.165) is 25.1 Å². The van der Waals surface area contributed by atoms with Gasteiger partial charge < -0.3 is 10.5 Å². The minimum absolute atomic E-state index is 0.0935. The van der Waals surface area contributed by atoms with Gasteiger partial charge in [-0.3, -0.25) is 4.90 Å². The van der Waals surface area contributed by atoms with Gasteiger partial charge in [-0.05, 0) is 39.7 Å². The predicted octanol–water partition coefficient (Wildman–Crippen LogP) is 2.88. The van der Waals surface area contributed by atoms with Gasteiger partial charge in [0.1, 0.15) is 11.4 Å². The third kappa shape index (κ3) is 2.23. The molecule has 2 unspecified atom stereocenters. The Hall–Kier alpha value is -1.06. The molecular formula is C17H26N2O. The summed E-state index contributed by atoms with van der Waals surface area (Å²) in [4.78, 5) is 2.51. The second-order valence-corrected chi connectivity index (χ2v) is 7.10. The van der Waals surface area contributed by atoms with Crippen molar-refractivity contribution in [3.8, 4) is 5.75 Å². The van der Waals surface area contributed by atoms with Crippen molar-refractivity contribution in [2.45, 2.75) is 64.3 Å². The lowest BCUT2D eigenvalue weighted by atomic mass is 9.95. The maximum atomic E-state index is 6.40. The van der Waals surface area contributed by atoms with E-state index < -0.39 is 0 Å². The summed E-state index contributed by atoms with van der Waals surface area (Å²) >= 11 is 0. The average molecular weight is 274 g/mol. The van der Waals surface area contributed by atoms with E-state index >= 15 is 0 Å². The monoisotopic (exact) mass is 274 g/mol. The number of hydrogen-bond acceptors (Lipinski definition) is 3. The molecule has 2 aliphatic heterocycles. The van der Waals surface area contributed by atoms with Gasteiger partial charge in [-0.1, -0.05) is 18.2 Å². The lowest BCUT2D eigenvalue weighted by Crippen LogP contribution is -2.36. The first-order valence-electron chi connectivity index (χ1n) is 7.71. The molecule has 0 amide bonds. The smallest absolute Gasteiger partial charge is 0.128 e. The predicted molar refractivity (Wildman–Crippen MR) is 82.0 cm³/mol. The van der Waals surface area contributed by atoms with Crippen LogP contribution in [-0.2, 0) is 6.42 Å². The molecule has 0 radical (unpaired) electrons. The number of benzene rings is 1. The normalized spacial score (nSPS) is 28.7. The molecule has 1 saturated heterocycles. The largest absolute Gasteiger partial charge is 0.487 e. The number of rotatable bonds is 2. The Morgan fingerprint density at radius 2 is 2.10 bits per heavy atom. The van der Waals surface area contributed by atoms with Gasteiger partial charge in [-0.15, -0.1) is 0 Å². The number of para-hydroxylation sites is 1. The molecule has 0 aliphatic carbocycles. The number of ether oxygens (including phenoxy) is 1. The van der Waals surface area contributed by atoms with E-state index in [1.54, 1.807) is 0 Å². The Morgan fingerprint density at radius 3 is 2.80 bits per heavy atom. The highest BCUT2D eigenvalue weighted by Crippen LogP contribution is 2.44. The summed E-state index contributed by atoms with van der Waals surface area (Å²) in [5.41, 5.74) is 8.92. The number of nitrogens with two attached hydrogens (primary N) is 1. The molecule has 2 N–H and O–H groups in total. The summed E-state index contributed by atoms with van der Waals surface area (Å²) in [5.74, 6) is 1.09. The summed E-state index contributed by atoms with van der Waals surface area (Å²) < 4.78 is 6.23. The van der Waals surface area contributed by atoms with Crippen molar-refractivity contribution in [3.63, 3.8) is 0 Å². The molecule has 110 valence electrons. The summed E-state index contributed by atoms with van der Waals surface area (Å²) in [6.45, 7) is 9.89. The number of likely N-dealkylation sites (tertiary alicyclic amines) is 1. The Bertz CT molecular complexity index is 510. The fourth-order valence-corrected chi connectivity index (χ4v) is 3.70. The van der Waals surface area contributed by atoms with Crippen LogP contribution in [0.3, 0.4) is 0 Å². The zero-order valence-corrected chi connectivity index (χ0v) is 13.0. The average Bonchev–Trinajstić information content (AvgIpc) is 2.87. The van der Waals surface area contributed by atoms with Crippen LogP contribution >= 0.6 is 0 Å². The Labute approximate surface area is 122 Å². The lowest BCUT2D eigenvalue weighted by Gasteiger charge is -2.31. The summed E-state index contributed by atoms with van der Waals surface area (Å²) in [7, 11) is 0. The molecule has 3 nitrogen and oxygen atoms in total. The summed E-state index contributed by atoms with van der Waals surface area (Å²) in [6.07, 6.45) is 2.05. The van der Waals surface area contributed by atoms with Crippen LogP contribution in [0.15, 0.2) is 18.2 Å². The van der Waals surface area contributed by atoms with Gasteiger partial charge in [0.25, 0.3) is 0 Å². The molecule has 3 rings (SSSR count). The van der Waals surface area contributed by atoms with E-state index in [4.69, 9.17) is 10.5 Å². The fourth-order valence-electron chi connectivity index (χ4n) is 3.70. The van der Waals surface area contributed by atoms with E-state index in [9.17, 15) is 0 Å². The molecule has 2 aliphatic rings. The van der Waals surface area contributed by atoms with E-state index in [0.29, 0.717) is 12.1 Å². The minimum Gasteiger partial charge on any atom is -0.487 e. The third-order valence-corrected chi connectivity index (χ3v) is 4.59. The van der Waals surface area contributed by atoms with Crippen molar-refractivity contribution in [1.29, 1.82) is 0 Å². The standard InChI is InChI=1S/C17H26N2O/c1-11(2)19-9-8-14(18)15(19)13-7-5-6-12-10-17(3,4)20-16(12)13/h5-7,11,14-15H,8-10,18H2,1-4H3. The zero-order valence-electron chi connectivity index (χ0n) is 13.0. The molecule has 2 heterocycles. The van der Waals surface area contributed by atoms with Crippen molar-refractivity contribution in [2.24, 2.45) is 5.73 Å². The van der Waals surface area contributed by atoms with Crippen LogP contribution in [0.25, 0.3) is 0 Å². The minimum atomic E-state index is -0.0935. The maximum absolute atomic E-state index is 6.40. The van der Waals surface area contributed by atoms with Gasteiger partial charge in [0.05, 0.1) is 6.04 Å². The fraction of sp³-hybridized carbons (Fsp3) is 0.647. The van der Waals surface area contributed by atoms with E-state index in [2.05, 4.69) is 50.8 Å². The number of hydrogen-bond donors (Lipinski definition) is 1. The van der Waals surface area contributed by atoms with E-state index in [-0.39, 0.29) is 11.6 Å². The molecule has 0 saturated carbocycles. The van der Waals surface area contributed by atoms with Crippen molar-refractivity contribution in [3.05, 3.63) is 29.3 Å². The van der Waals surface area contributed by atoms with Gasteiger partial charge in [0.15, 0.2) is 0 Å². The molecule has 0 aromatic heterocycles. The number of fused-ring (bicyclic) bond motifs is 1.